The van der Waals surface area contributed by atoms with Gasteiger partial charge in [0.05, 0.1) is 16.8 Å². The van der Waals surface area contributed by atoms with Crippen molar-refractivity contribution in [2.75, 3.05) is 18.0 Å². The van der Waals surface area contributed by atoms with E-state index >= 15 is 0 Å². The van der Waals surface area contributed by atoms with Crippen LogP contribution in [0.2, 0.25) is 0 Å². The third-order valence-corrected chi connectivity index (χ3v) is 5.24. The van der Waals surface area contributed by atoms with Gasteiger partial charge in [0.25, 0.3) is 0 Å². The van der Waals surface area contributed by atoms with Crippen LogP contribution >= 0.6 is 0 Å². The van der Waals surface area contributed by atoms with Crippen LogP contribution in [-0.4, -0.2) is 39.2 Å². The lowest BCUT2D eigenvalue weighted by Gasteiger charge is -2.38. The number of aromatic nitrogens is 2. The molecule has 6 heteroatoms. The number of hydrogen-bond donors (Lipinski definition) is 2. The van der Waals surface area contributed by atoms with Crippen molar-refractivity contribution in [2.45, 2.75) is 25.4 Å². The highest BCUT2D eigenvalue weighted by atomic mass is 16.4. The molecule has 3 aromatic rings. The van der Waals surface area contributed by atoms with Gasteiger partial charge in [0.15, 0.2) is 0 Å². The van der Waals surface area contributed by atoms with Gasteiger partial charge in [-0.05, 0) is 43.5 Å². The van der Waals surface area contributed by atoms with Crippen molar-refractivity contribution in [3.05, 3.63) is 65.5 Å². The van der Waals surface area contributed by atoms with Crippen LogP contribution in [0.1, 0.15) is 34.5 Å². The van der Waals surface area contributed by atoms with E-state index in [4.69, 9.17) is 0 Å². The minimum atomic E-state index is -0.966. The quantitative estimate of drug-likeness (QED) is 0.743. The first-order valence-corrected chi connectivity index (χ1v) is 9.00. The third kappa shape index (κ3) is 3.24. The smallest absolute Gasteiger partial charge is 0.336 e. The molecule has 1 saturated heterocycles. The first kappa shape index (κ1) is 17.4. The summed E-state index contributed by atoms with van der Waals surface area (Å²) in [4.78, 5) is 22.7. The number of piperidine rings is 1. The van der Waals surface area contributed by atoms with Crippen LogP contribution in [0, 0.1) is 6.92 Å². The van der Waals surface area contributed by atoms with Crippen molar-refractivity contribution in [1.29, 1.82) is 0 Å². The summed E-state index contributed by atoms with van der Waals surface area (Å²) in [6.45, 7) is 3.13. The summed E-state index contributed by atoms with van der Waals surface area (Å²) in [5.74, 6) is -0.336. The number of aryl methyl sites for hydroxylation is 1. The molecule has 0 unspecified atom stereocenters. The molecule has 27 heavy (non-hydrogen) atoms. The number of fused-ring (bicyclic) bond motifs is 1. The van der Waals surface area contributed by atoms with Crippen molar-refractivity contribution >= 4 is 22.7 Å². The van der Waals surface area contributed by atoms with Crippen LogP contribution in [0.3, 0.4) is 0 Å². The van der Waals surface area contributed by atoms with E-state index in [-0.39, 0.29) is 5.56 Å². The zero-order chi connectivity index (χ0) is 19.0. The Morgan fingerprint density at radius 2 is 1.89 bits per heavy atom. The summed E-state index contributed by atoms with van der Waals surface area (Å²) in [7, 11) is 0. The van der Waals surface area contributed by atoms with Gasteiger partial charge in [-0.2, -0.15) is 0 Å². The number of benzene rings is 1. The Kier molecular flexibility index (Phi) is 4.28. The van der Waals surface area contributed by atoms with E-state index in [1.807, 2.05) is 42.2 Å². The Morgan fingerprint density at radius 1 is 1.15 bits per heavy atom. The maximum atomic E-state index is 11.7. The Bertz CT molecular complexity index is 993. The van der Waals surface area contributed by atoms with E-state index in [1.54, 1.807) is 18.3 Å². The molecule has 0 atom stereocenters. The number of carboxylic acids is 1. The molecule has 0 amide bonds. The predicted molar refractivity (Wildman–Crippen MR) is 103 cm³/mol. The summed E-state index contributed by atoms with van der Waals surface area (Å²) in [6.07, 6.45) is 2.80. The highest BCUT2D eigenvalue weighted by Crippen LogP contribution is 2.34. The monoisotopic (exact) mass is 363 g/mol. The molecule has 0 spiro atoms. The molecule has 1 aliphatic rings. The zero-order valence-electron chi connectivity index (χ0n) is 15.1. The van der Waals surface area contributed by atoms with Crippen LogP contribution in [-0.2, 0) is 5.60 Å². The molecule has 4 rings (SSSR count). The number of aromatic carboxylic acids is 1. The topological polar surface area (TPSA) is 86.5 Å². The van der Waals surface area contributed by atoms with E-state index in [2.05, 4.69) is 9.97 Å². The summed E-state index contributed by atoms with van der Waals surface area (Å²) < 4.78 is 0. The van der Waals surface area contributed by atoms with E-state index in [0.29, 0.717) is 48.3 Å². The van der Waals surface area contributed by atoms with E-state index in [0.717, 1.165) is 5.56 Å². The van der Waals surface area contributed by atoms with Crippen molar-refractivity contribution < 1.29 is 15.0 Å². The molecule has 2 aromatic heterocycles. The fourth-order valence-electron chi connectivity index (χ4n) is 3.61. The lowest BCUT2D eigenvalue weighted by molar-refractivity contribution is 0.00747. The highest BCUT2D eigenvalue weighted by molar-refractivity contribution is 6.03. The van der Waals surface area contributed by atoms with Gasteiger partial charge in [-0.3, -0.25) is 4.98 Å². The molecule has 1 aliphatic heterocycles. The highest BCUT2D eigenvalue weighted by Gasteiger charge is 2.35. The van der Waals surface area contributed by atoms with Gasteiger partial charge in [-0.1, -0.05) is 24.3 Å². The van der Waals surface area contributed by atoms with Crippen LogP contribution < -0.4 is 4.90 Å². The second kappa shape index (κ2) is 6.63. The van der Waals surface area contributed by atoms with Crippen molar-refractivity contribution in [2.24, 2.45) is 0 Å². The summed E-state index contributed by atoms with van der Waals surface area (Å²) in [5, 5.41) is 21.2. The second-order valence-electron chi connectivity index (χ2n) is 7.09. The predicted octanol–water partition coefficient (Wildman–Crippen LogP) is 3.12. The number of hydrogen-bond acceptors (Lipinski definition) is 5. The molecular weight excluding hydrogens is 342 g/mol. The van der Waals surface area contributed by atoms with Crippen LogP contribution in [0.4, 0.5) is 5.82 Å². The number of aliphatic hydroxyl groups is 1. The van der Waals surface area contributed by atoms with Crippen molar-refractivity contribution in [1.82, 2.24) is 9.97 Å². The Morgan fingerprint density at radius 3 is 2.56 bits per heavy atom. The second-order valence-corrected chi connectivity index (χ2v) is 7.09. The summed E-state index contributed by atoms with van der Waals surface area (Å²) in [6, 6.07) is 12.7. The molecule has 138 valence electrons. The minimum absolute atomic E-state index is 0.247. The molecule has 1 aromatic carbocycles. The summed E-state index contributed by atoms with van der Waals surface area (Å²) >= 11 is 0. The van der Waals surface area contributed by atoms with Crippen LogP contribution in [0.15, 0.2) is 48.7 Å². The van der Waals surface area contributed by atoms with Gasteiger partial charge in [0, 0.05) is 24.7 Å². The van der Waals surface area contributed by atoms with Crippen molar-refractivity contribution in [3.8, 4) is 0 Å². The summed E-state index contributed by atoms with van der Waals surface area (Å²) in [5.41, 5.74) is 1.69. The van der Waals surface area contributed by atoms with E-state index in [9.17, 15) is 15.0 Å². The number of pyridine rings is 2. The number of rotatable bonds is 3. The Hall–Kier alpha value is -2.99. The number of carboxylic acid groups (broad SMARTS) is 1. The molecule has 0 saturated carbocycles. The average molecular weight is 363 g/mol. The van der Waals surface area contributed by atoms with Crippen LogP contribution in [0.5, 0.6) is 0 Å². The molecule has 0 aliphatic carbocycles. The first-order chi connectivity index (χ1) is 13.0. The van der Waals surface area contributed by atoms with Crippen LogP contribution in [0.25, 0.3) is 10.9 Å². The number of nitrogens with zero attached hydrogens (tertiary/aromatic N) is 3. The van der Waals surface area contributed by atoms with Crippen molar-refractivity contribution in [3.63, 3.8) is 0 Å². The molecule has 6 nitrogen and oxygen atoms in total. The number of anilines is 1. The Labute approximate surface area is 157 Å². The Balaban J connectivity index is 1.61. The van der Waals surface area contributed by atoms with Gasteiger partial charge < -0.3 is 15.1 Å². The third-order valence-electron chi connectivity index (χ3n) is 5.24. The van der Waals surface area contributed by atoms with E-state index in [1.165, 1.54) is 0 Å². The average Bonchev–Trinajstić information content (AvgIpc) is 2.68. The minimum Gasteiger partial charge on any atom is -0.478 e. The molecule has 0 bridgehead atoms. The van der Waals surface area contributed by atoms with Gasteiger partial charge >= 0.3 is 5.97 Å². The zero-order valence-corrected chi connectivity index (χ0v) is 15.1. The van der Waals surface area contributed by atoms with Gasteiger partial charge in [-0.15, -0.1) is 0 Å². The normalized spacial score (nSPS) is 16.4. The lowest BCUT2D eigenvalue weighted by atomic mass is 9.87. The maximum absolute atomic E-state index is 11.7. The standard InChI is InChI=1S/C21H21N3O3/c1-14-6-7-18(22-13-14)21(27)8-10-24(11-9-21)19-12-16(20(25)26)15-4-2-3-5-17(15)23-19/h2-7,12-13,27H,8-11H2,1H3,(H,25,26). The molecule has 2 N–H and O–H groups in total. The SMILES string of the molecule is Cc1ccc(C2(O)CCN(c3cc(C(=O)O)c4ccccc4n3)CC2)nc1. The fourth-order valence-corrected chi connectivity index (χ4v) is 3.61. The van der Waals surface area contributed by atoms with Gasteiger partial charge in [0.1, 0.15) is 11.4 Å². The molecular formula is C21H21N3O3. The largest absolute Gasteiger partial charge is 0.478 e. The van der Waals surface area contributed by atoms with E-state index < -0.39 is 11.6 Å². The molecule has 3 heterocycles. The fraction of sp³-hybridized carbons (Fsp3) is 0.286. The number of carbonyl (C=O) groups is 1. The van der Waals surface area contributed by atoms with Gasteiger partial charge in [-0.25, -0.2) is 9.78 Å². The lowest BCUT2D eigenvalue weighted by Crippen LogP contribution is -2.43. The first-order valence-electron chi connectivity index (χ1n) is 9.00. The number of para-hydroxylation sites is 1. The molecule has 1 fully saturated rings. The van der Waals surface area contributed by atoms with Gasteiger partial charge in [0.2, 0.25) is 0 Å². The molecule has 0 radical (unpaired) electrons. The maximum Gasteiger partial charge on any atom is 0.336 e.